The fourth-order valence-corrected chi connectivity index (χ4v) is 5.08. The fourth-order valence-electron chi connectivity index (χ4n) is 5.08. The van der Waals surface area contributed by atoms with Crippen LogP contribution in [0.25, 0.3) is 11.0 Å². The number of anilines is 2. The first-order valence-corrected chi connectivity index (χ1v) is 11.2. The molecule has 2 aromatic rings. The molecule has 0 aromatic carbocycles. The predicted molar refractivity (Wildman–Crippen MR) is 119 cm³/mol. The van der Waals surface area contributed by atoms with Crippen molar-refractivity contribution in [2.45, 2.75) is 64.3 Å². The molecular weight excluding hydrogens is 396 g/mol. The molecule has 0 spiro atoms. The van der Waals surface area contributed by atoms with E-state index in [1.807, 2.05) is 31.9 Å². The Balaban J connectivity index is 1.41. The summed E-state index contributed by atoms with van der Waals surface area (Å²) in [5.41, 5.74) is 1.44. The summed E-state index contributed by atoms with van der Waals surface area (Å²) >= 11 is 0. The maximum Gasteiger partial charge on any atom is 0.410 e. The number of rotatable bonds is 2. The van der Waals surface area contributed by atoms with Crippen molar-refractivity contribution < 1.29 is 14.3 Å². The van der Waals surface area contributed by atoms with E-state index >= 15 is 0 Å². The maximum absolute atomic E-state index is 12.6. The van der Waals surface area contributed by atoms with Crippen molar-refractivity contribution in [2.75, 3.05) is 42.6 Å². The summed E-state index contributed by atoms with van der Waals surface area (Å²) in [5.74, 6) is 0.990. The lowest BCUT2D eigenvalue weighted by atomic mass is 10.1. The molecule has 2 bridgehead atoms. The summed E-state index contributed by atoms with van der Waals surface area (Å²) in [5, 5.41) is 8.34. The van der Waals surface area contributed by atoms with Gasteiger partial charge in [-0.1, -0.05) is 0 Å². The normalized spacial score (nSPS) is 26.6. The zero-order chi connectivity index (χ0) is 21.8. The molecule has 3 aliphatic rings. The van der Waals surface area contributed by atoms with Gasteiger partial charge in [-0.05, 0) is 40.5 Å². The number of pyridine rings is 1. The van der Waals surface area contributed by atoms with Crippen molar-refractivity contribution in [1.29, 1.82) is 0 Å². The highest BCUT2D eigenvalue weighted by Gasteiger charge is 2.39. The fraction of sp³-hybridized carbons (Fsp3) is 0.682. The Hall–Kier alpha value is -2.55. The van der Waals surface area contributed by atoms with Gasteiger partial charge < -0.3 is 24.2 Å². The first-order chi connectivity index (χ1) is 14.8. The second-order valence-corrected chi connectivity index (χ2v) is 9.93. The van der Waals surface area contributed by atoms with E-state index < -0.39 is 5.60 Å². The van der Waals surface area contributed by atoms with Crippen LogP contribution in [0.2, 0.25) is 0 Å². The number of carbonyl (C=O) groups excluding carboxylic acids is 1. The van der Waals surface area contributed by atoms with Crippen LogP contribution in [0.5, 0.6) is 0 Å². The molecule has 31 heavy (non-hydrogen) atoms. The Labute approximate surface area is 182 Å². The lowest BCUT2D eigenvalue weighted by molar-refractivity contribution is 0.0219. The number of hydrogen-bond acceptors (Lipinski definition) is 7. The van der Waals surface area contributed by atoms with Gasteiger partial charge in [-0.2, -0.15) is 5.10 Å². The van der Waals surface area contributed by atoms with Crippen LogP contribution in [0.15, 0.2) is 12.3 Å². The Bertz CT molecular complexity index is 954. The summed E-state index contributed by atoms with van der Waals surface area (Å²) in [4.78, 5) is 24.1. The summed E-state index contributed by atoms with van der Waals surface area (Å²) in [6.45, 7) is 11.4. The van der Waals surface area contributed by atoms with E-state index in [4.69, 9.17) is 14.5 Å². The van der Waals surface area contributed by atoms with E-state index in [-0.39, 0.29) is 12.1 Å². The van der Waals surface area contributed by atoms with Gasteiger partial charge >= 0.3 is 6.09 Å². The summed E-state index contributed by atoms with van der Waals surface area (Å²) in [7, 11) is 0. The van der Waals surface area contributed by atoms with E-state index in [1.54, 1.807) is 0 Å². The molecule has 2 aromatic heterocycles. The standard InChI is InChI=1S/C22H32N6O3/c1-14-11-26(21(29)31-22(2,3)4)7-8-27(14)18-9-19(24-20-17(18)10-23-25-20)28-15-5-6-16(28)13-30-12-15/h9-10,14-16H,5-8,11-13H2,1-4H3,(H,23,24,25)/t14-,15?,16?/m1/s1. The average Bonchev–Trinajstić information content (AvgIpc) is 3.27. The number of nitrogens with one attached hydrogen (secondary N) is 1. The Morgan fingerprint density at radius 2 is 1.97 bits per heavy atom. The number of aromatic amines is 1. The van der Waals surface area contributed by atoms with Crippen molar-refractivity contribution in [1.82, 2.24) is 20.1 Å². The monoisotopic (exact) mass is 428 g/mol. The summed E-state index contributed by atoms with van der Waals surface area (Å²) in [6, 6.07) is 3.13. The molecule has 3 fully saturated rings. The van der Waals surface area contributed by atoms with E-state index in [9.17, 15) is 4.79 Å². The zero-order valence-electron chi connectivity index (χ0n) is 18.8. The second kappa shape index (κ2) is 7.55. The molecule has 0 aliphatic carbocycles. The Morgan fingerprint density at radius 1 is 1.23 bits per heavy atom. The van der Waals surface area contributed by atoms with Crippen LogP contribution in [0.4, 0.5) is 16.3 Å². The smallest absolute Gasteiger partial charge is 0.410 e. The van der Waals surface area contributed by atoms with Crippen LogP contribution in [0, 0.1) is 0 Å². The van der Waals surface area contributed by atoms with Crippen molar-refractivity contribution in [3.8, 4) is 0 Å². The number of fused-ring (bicyclic) bond motifs is 3. The van der Waals surface area contributed by atoms with Crippen LogP contribution in [0.1, 0.15) is 40.5 Å². The molecule has 9 nitrogen and oxygen atoms in total. The van der Waals surface area contributed by atoms with Crippen molar-refractivity contribution in [3.63, 3.8) is 0 Å². The third-order valence-electron chi connectivity index (χ3n) is 6.48. The number of ether oxygens (including phenoxy) is 2. The van der Waals surface area contributed by atoms with Crippen molar-refractivity contribution in [2.24, 2.45) is 0 Å². The highest BCUT2D eigenvalue weighted by Crippen LogP contribution is 2.37. The molecule has 5 heterocycles. The number of nitrogens with zero attached hydrogens (tertiary/aromatic N) is 5. The molecule has 3 atom stereocenters. The number of amides is 1. The van der Waals surface area contributed by atoms with Crippen molar-refractivity contribution in [3.05, 3.63) is 12.3 Å². The first-order valence-electron chi connectivity index (χ1n) is 11.2. The number of hydrogen-bond donors (Lipinski definition) is 1. The largest absolute Gasteiger partial charge is 0.444 e. The van der Waals surface area contributed by atoms with E-state index in [2.05, 4.69) is 33.0 Å². The molecule has 0 saturated carbocycles. The van der Waals surface area contributed by atoms with Gasteiger partial charge in [0.1, 0.15) is 11.4 Å². The molecule has 1 amide bonds. The summed E-state index contributed by atoms with van der Waals surface area (Å²) in [6.07, 6.45) is 3.90. The molecule has 5 rings (SSSR count). The topological polar surface area (TPSA) is 86.8 Å². The van der Waals surface area contributed by atoms with Crippen LogP contribution < -0.4 is 9.80 Å². The lowest BCUT2D eigenvalue weighted by Gasteiger charge is -2.42. The molecule has 3 aliphatic heterocycles. The molecule has 2 unspecified atom stereocenters. The number of piperazine rings is 1. The second-order valence-electron chi connectivity index (χ2n) is 9.93. The highest BCUT2D eigenvalue weighted by molar-refractivity contribution is 5.91. The Kier molecular flexibility index (Phi) is 4.96. The molecule has 168 valence electrons. The van der Waals surface area contributed by atoms with Crippen molar-refractivity contribution >= 4 is 28.6 Å². The lowest BCUT2D eigenvalue weighted by Crippen LogP contribution is -2.54. The number of aromatic nitrogens is 3. The quantitative estimate of drug-likeness (QED) is 0.787. The van der Waals surface area contributed by atoms with Crippen LogP contribution in [0.3, 0.4) is 0 Å². The number of H-pyrrole nitrogens is 1. The average molecular weight is 429 g/mol. The van der Waals surface area contributed by atoms with Gasteiger partial charge in [0, 0.05) is 31.7 Å². The van der Waals surface area contributed by atoms with E-state index in [1.165, 1.54) is 0 Å². The third-order valence-corrected chi connectivity index (χ3v) is 6.48. The SMILES string of the molecule is C[C@@H]1CN(C(=O)OC(C)(C)C)CCN1c1cc(N2C3CCC2COC3)nc2[nH]ncc12. The van der Waals surface area contributed by atoms with Gasteiger partial charge in [-0.15, -0.1) is 0 Å². The molecular formula is C22H32N6O3. The molecule has 3 saturated heterocycles. The molecule has 9 heteroatoms. The first kappa shape index (κ1) is 20.4. The predicted octanol–water partition coefficient (Wildman–Crippen LogP) is 2.77. The van der Waals surface area contributed by atoms with Gasteiger partial charge in [-0.25, -0.2) is 9.78 Å². The van der Waals surface area contributed by atoms with Crippen LogP contribution in [-0.2, 0) is 9.47 Å². The highest BCUT2D eigenvalue weighted by atomic mass is 16.6. The van der Waals surface area contributed by atoms with Crippen LogP contribution in [-0.4, -0.2) is 82.7 Å². The maximum atomic E-state index is 12.6. The van der Waals surface area contributed by atoms with Gasteiger partial charge in [0.05, 0.1) is 42.6 Å². The van der Waals surface area contributed by atoms with Gasteiger partial charge in [0.15, 0.2) is 5.65 Å². The van der Waals surface area contributed by atoms with Gasteiger partial charge in [-0.3, -0.25) is 5.10 Å². The minimum absolute atomic E-state index is 0.149. The number of morpholine rings is 1. The number of carbonyl (C=O) groups is 1. The zero-order valence-corrected chi connectivity index (χ0v) is 18.8. The van der Waals surface area contributed by atoms with Gasteiger partial charge in [0.25, 0.3) is 0 Å². The van der Waals surface area contributed by atoms with E-state index in [0.717, 1.165) is 55.1 Å². The van der Waals surface area contributed by atoms with Gasteiger partial charge in [0.2, 0.25) is 0 Å². The van der Waals surface area contributed by atoms with Crippen LogP contribution >= 0.6 is 0 Å². The Morgan fingerprint density at radius 3 is 2.65 bits per heavy atom. The minimum atomic E-state index is -0.488. The molecule has 0 radical (unpaired) electrons. The molecule has 1 N–H and O–H groups in total. The minimum Gasteiger partial charge on any atom is -0.444 e. The third kappa shape index (κ3) is 3.79. The van der Waals surface area contributed by atoms with E-state index in [0.29, 0.717) is 25.2 Å². The summed E-state index contributed by atoms with van der Waals surface area (Å²) < 4.78 is 11.3.